The van der Waals surface area contributed by atoms with Gasteiger partial charge in [-0.1, -0.05) is 13.8 Å². The maximum absolute atomic E-state index is 12.1. The average molecular weight is 269 g/mol. The molecule has 0 bridgehead atoms. The molecule has 1 aromatic rings. The van der Waals surface area contributed by atoms with Crippen molar-refractivity contribution in [2.75, 3.05) is 13.1 Å². The Hall–Kier alpha value is -1.10. The molecule has 0 aliphatic carbocycles. The molecule has 5 heteroatoms. The van der Waals surface area contributed by atoms with Gasteiger partial charge in [0.1, 0.15) is 5.01 Å². The van der Waals surface area contributed by atoms with Crippen LogP contribution in [0.1, 0.15) is 45.2 Å². The Kier molecular flexibility index (Phi) is 6.12. The average Bonchev–Trinajstić information content (AvgIpc) is 2.82. The molecule has 0 fully saturated rings. The van der Waals surface area contributed by atoms with Crippen LogP contribution in [0.2, 0.25) is 0 Å². The summed E-state index contributed by atoms with van der Waals surface area (Å²) >= 11 is 1.60. The monoisotopic (exact) mass is 269 g/mol. The van der Waals surface area contributed by atoms with Crippen molar-refractivity contribution in [2.24, 2.45) is 5.92 Å². The normalized spacial score (nSPS) is 12.5. The smallest absolute Gasteiger partial charge is 0.317 e. The predicted molar refractivity (Wildman–Crippen MR) is 75.8 cm³/mol. The molecule has 1 rings (SSSR count). The molecule has 102 valence electrons. The zero-order valence-electron chi connectivity index (χ0n) is 11.6. The fraction of sp³-hybridized carbons (Fsp3) is 0.692. The van der Waals surface area contributed by atoms with Gasteiger partial charge in [-0.05, 0) is 26.2 Å². The summed E-state index contributed by atoms with van der Waals surface area (Å²) in [4.78, 5) is 18.2. The Balaban J connectivity index is 2.70. The number of thiazole rings is 1. The summed E-state index contributed by atoms with van der Waals surface area (Å²) in [6.07, 6.45) is 2.71. The van der Waals surface area contributed by atoms with Gasteiger partial charge in [-0.15, -0.1) is 11.3 Å². The number of nitrogens with one attached hydrogen (secondary N) is 1. The van der Waals surface area contributed by atoms with E-state index in [1.54, 1.807) is 22.4 Å². The van der Waals surface area contributed by atoms with Gasteiger partial charge in [-0.3, -0.25) is 0 Å². The maximum atomic E-state index is 12.1. The van der Waals surface area contributed by atoms with Crippen molar-refractivity contribution in [2.45, 2.75) is 40.2 Å². The third-order valence-electron chi connectivity index (χ3n) is 2.80. The molecule has 0 aromatic carbocycles. The second kappa shape index (κ2) is 7.36. The van der Waals surface area contributed by atoms with Crippen LogP contribution >= 0.6 is 11.3 Å². The highest BCUT2D eigenvalue weighted by atomic mass is 32.1. The molecule has 2 amide bonds. The third-order valence-corrected chi connectivity index (χ3v) is 3.69. The maximum Gasteiger partial charge on any atom is 0.317 e. The molecule has 4 nitrogen and oxygen atoms in total. The van der Waals surface area contributed by atoms with Gasteiger partial charge in [0, 0.05) is 24.7 Å². The van der Waals surface area contributed by atoms with Gasteiger partial charge in [-0.25, -0.2) is 9.78 Å². The fourth-order valence-corrected chi connectivity index (χ4v) is 2.55. The van der Waals surface area contributed by atoms with Crippen molar-refractivity contribution in [1.29, 1.82) is 0 Å². The lowest BCUT2D eigenvalue weighted by Crippen LogP contribution is -2.41. The first-order valence-corrected chi connectivity index (χ1v) is 7.41. The summed E-state index contributed by atoms with van der Waals surface area (Å²) < 4.78 is 0. The second-order valence-corrected chi connectivity index (χ2v) is 5.60. The van der Waals surface area contributed by atoms with Crippen molar-refractivity contribution in [1.82, 2.24) is 15.2 Å². The van der Waals surface area contributed by atoms with Crippen LogP contribution in [0.5, 0.6) is 0 Å². The molecule has 0 spiro atoms. The number of nitrogens with zero attached hydrogens (tertiary/aromatic N) is 2. The highest BCUT2D eigenvalue weighted by Crippen LogP contribution is 2.23. The molecule has 1 heterocycles. The minimum Gasteiger partial charge on any atom is -0.329 e. The summed E-state index contributed by atoms with van der Waals surface area (Å²) in [7, 11) is 0. The van der Waals surface area contributed by atoms with Gasteiger partial charge in [0.25, 0.3) is 0 Å². The van der Waals surface area contributed by atoms with E-state index in [1.807, 2.05) is 19.2 Å². The van der Waals surface area contributed by atoms with Crippen molar-refractivity contribution < 1.29 is 4.79 Å². The topological polar surface area (TPSA) is 45.2 Å². The van der Waals surface area contributed by atoms with Crippen LogP contribution in [-0.2, 0) is 0 Å². The Morgan fingerprint density at radius 1 is 1.44 bits per heavy atom. The van der Waals surface area contributed by atoms with Crippen LogP contribution in [-0.4, -0.2) is 29.0 Å². The zero-order chi connectivity index (χ0) is 13.5. The number of hydrogen-bond acceptors (Lipinski definition) is 3. The van der Waals surface area contributed by atoms with E-state index in [4.69, 9.17) is 0 Å². The highest BCUT2D eigenvalue weighted by Gasteiger charge is 2.20. The van der Waals surface area contributed by atoms with Crippen molar-refractivity contribution in [3.8, 4) is 0 Å². The Bertz CT molecular complexity index is 347. The molecule has 0 radical (unpaired) electrons. The van der Waals surface area contributed by atoms with Gasteiger partial charge in [0.2, 0.25) is 0 Å². The molecule has 0 aliphatic rings. The SMILES string of the molecule is CCN(CC)C(=O)NC(CC(C)C)c1nccs1. The second-order valence-electron chi connectivity index (χ2n) is 4.67. The summed E-state index contributed by atoms with van der Waals surface area (Å²) in [6, 6.07) is 0.0268. The van der Waals surface area contributed by atoms with Crippen LogP contribution in [0.4, 0.5) is 4.79 Å². The van der Waals surface area contributed by atoms with E-state index in [0.717, 1.165) is 24.5 Å². The van der Waals surface area contributed by atoms with E-state index in [-0.39, 0.29) is 12.1 Å². The van der Waals surface area contributed by atoms with E-state index >= 15 is 0 Å². The predicted octanol–water partition coefficient (Wildman–Crippen LogP) is 3.28. The van der Waals surface area contributed by atoms with Crippen LogP contribution in [0.3, 0.4) is 0 Å². The zero-order valence-corrected chi connectivity index (χ0v) is 12.5. The fourth-order valence-electron chi connectivity index (χ4n) is 1.85. The van der Waals surface area contributed by atoms with Gasteiger partial charge < -0.3 is 10.2 Å². The first-order chi connectivity index (χ1) is 8.58. The summed E-state index contributed by atoms with van der Waals surface area (Å²) in [5.74, 6) is 0.524. The first-order valence-electron chi connectivity index (χ1n) is 6.53. The standard InChI is InChI=1S/C13H23N3OS/c1-5-16(6-2)13(17)15-11(9-10(3)4)12-14-7-8-18-12/h7-8,10-11H,5-6,9H2,1-4H3,(H,15,17). The number of urea groups is 1. The third kappa shape index (κ3) is 4.29. The lowest BCUT2D eigenvalue weighted by Gasteiger charge is -2.24. The molecule has 0 aliphatic heterocycles. The van der Waals surface area contributed by atoms with Crippen LogP contribution < -0.4 is 5.32 Å². The lowest BCUT2D eigenvalue weighted by molar-refractivity contribution is 0.197. The van der Waals surface area contributed by atoms with E-state index in [9.17, 15) is 4.79 Å². The van der Waals surface area contributed by atoms with Gasteiger partial charge in [-0.2, -0.15) is 0 Å². The van der Waals surface area contributed by atoms with Crippen LogP contribution in [0.25, 0.3) is 0 Å². The quantitative estimate of drug-likeness (QED) is 0.861. The molecule has 1 aromatic heterocycles. The summed E-state index contributed by atoms with van der Waals surface area (Å²) in [6.45, 7) is 9.76. The van der Waals surface area contributed by atoms with Crippen LogP contribution in [0, 0.1) is 5.92 Å². The summed E-state index contributed by atoms with van der Waals surface area (Å²) in [5, 5.41) is 6.03. The van der Waals surface area contributed by atoms with Gasteiger partial charge in [0.05, 0.1) is 6.04 Å². The molecule has 1 N–H and O–H groups in total. The molecular weight excluding hydrogens is 246 g/mol. The Morgan fingerprint density at radius 2 is 2.11 bits per heavy atom. The first kappa shape index (κ1) is 15.0. The molecule has 1 atom stereocenters. The minimum atomic E-state index is 0.000787. The minimum absolute atomic E-state index is 0.000787. The summed E-state index contributed by atoms with van der Waals surface area (Å²) in [5.41, 5.74) is 0. The molecular formula is C13H23N3OS. The Morgan fingerprint density at radius 3 is 2.56 bits per heavy atom. The van der Waals surface area contributed by atoms with E-state index in [2.05, 4.69) is 24.1 Å². The van der Waals surface area contributed by atoms with E-state index in [0.29, 0.717) is 5.92 Å². The van der Waals surface area contributed by atoms with Crippen molar-refractivity contribution in [3.05, 3.63) is 16.6 Å². The number of carbonyl (C=O) groups is 1. The van der Waals surface area contributed by atoms with Crippen LogP contribution in [0.15, 0.2) is 11.6 Å². The number of hydrogen-bond donors (Lipinski definition) is 1. The lowest BCUT2D eigenvalue weighted by atomic mass is 10.0. The largest absolute Gasteiger partial charge is 0.329 e. The highest BCUT2D eigenvalue weighted by molar-refractivity contribution is 7.09. The molecule has 18 heavy (non-hydrogen) atoms. The number of aromatic nitrogens is 1. The van der Waals surface area contributed by atoms with Gasteiger partial charge >= 0.3 is 6.03 Å². The molecule has 0 saturated heterocycles. The van der Waals surface area contributed by atoms with E-state index < -0.39 is 0 Å². The van der Waals surface area contributed by atoms with Gasteiger partial charge in [0.15, 0.2) is 0 Å². The number of carbonyl (C=O) groups excluding carboxylic acids is 1. The van der Waals surface area contributed by atoms with E-state index in [1.165, 1.54) is 0 Å². The Labute approximate surface area is 113 Å². The van der Waals surface area contributed by atoms with Crippen molar-refractivity contribution in [3.63, 3.8) is 0 Å². The molecule has 0 saturated carbocycles. The molecule has 1 unspecified atom stereocenters. The van der Waals surface area contributed by atoms with Crippen molar-refractivity contribution >= 4 is 17.4 Å². The number of amides is 2. The number of rotatable bonds is 6.